The van der Waals surface area contributed by atoms with Crippen LogP contribution in [-0.2, 0) is 4.79 Å². The molecule has 0 fully saturated rings. The third-order valence-electron chi connectivity index (χ3n) is 2.69. The van der Waals surface area contributed by atoms with Crippen LogP contribution < -0.4 is 5.32 Å². The Morgan fingerprint density at radius 1 is 1.50 bits per heavy atom. The molecule has 4 nitrogen and oxygen atoms in total. The standard InChI is InChI=1S/C13H18FNO3/c1-2-11(8-16)15-13(18)7-12(17)9-4-3-5-10(14)6-9/h3-6,11-12,16-17H,2,7-8H2,1H3,(H,15,18). The van der Waals surface area contributed by atoms with Gasteiger partial charge in [0.1, 0.15) is 5.82 Å². The molecule has 5 heteroatoms. The number of nitrogens with one attached hydrogen (secondary N) is 1. The molecule has 0 spiro atoms. The highest BCUT2D eigenvalue weighted by molar-refractivity contribution is 5.77. The number of amides is 1. The van der Waals surface area contributed by atoms with Crippen molar-refractivity contribution in [3.05, 3.63) is 35.6 Å². The fourth-order valence-corrected chi connectivity index (χ4v) is 1.57. The topological polar surface area (TPSA) is 69.6 Å². The fraction of sp³-hybridized carbons (Fsp3) is 0.462. The molecule has 1 aromatic carbocycles. The summed E-state index contributed by atoms with van der Waals surface area (Å²) >= 11 is 0. The van der Waals surface area contributed by atoms with Gasteiger partial charge in [0.2, 0.25) is 5.91 Å². The summed E-state index contributed by atoms with van der Waals surface area (Å²) in [6.45, 7) is 1.70. The van der Waals surface area contributed by atoms with Crippen molar-refractivity contribution in [3.63, 3.8) is 0 Å². The van der Waals surface area contributed by atoms with E-state index < -0.39 is 11.9 Å². The Hall–Kier alpha value is -1.46. The molecule has 0 saturated heterocycles. The first-order valence-electron chi connectivity index (χ1n) is 5.90. The van der Waals surface area contributed by atoms with Crippen molar-refractivity contribution in [1.82, 2.24) is 5.32 Å². The average molecular weight is 255 g/mol. The molecule has 0 saturated carbocycles. The van der Waals surface area contributed by atoms with Gasteiger partial charge in [-0.3, -0.25) is 4.79 Å². The Bertz CT molecular complexity index is 394. The first-order valence-corrected chi connectivity index (χ1v) is 5.90. The van der Waals surface area contributed by atoms with Crippen LogP contribution in [0.5, 0.6) is 0 Å². The van der Waals surface area contributed by atoms with Crippen molar-refractivity contribution < 1.29 is 19.4 Å². The molecule has 0 heterocycles. The molecule has 0 radical (unpaired) electrons. The number of hydrogen-bond donors (Lipinski definition) is 3. The van der Waals surface area contributed by atoms with Gasteiger partial charge in [0.15, 0.2) is 0 Å². The summed E-state index contributed by atoms with van der Waals surface area (Å²) in [4.78, 5) is 11.6. The summed E-state index contributed by atoms with van der Waals surface area (Å²) in [6, 6.07) is 5.20. The SMILES string of the molecule is CCC(CO)NC(=O)CC(O)c1cccc(F)c1. The molecule has 1 rings (SSSR count). The molecule has 3 N–H and O–H groups in total. The van der Waals surface area contributed by atoms with E-state index in [0.29, 0.717) is 12.0 Å². The van der Waals surface area contributed by atoms with Gasteiger partial charge in [0.25, 0.3) is 0 Å². The summed E-state index contributed by atoms with van der Waals surface area (Å²) in [5, 5.41) is 21.3. The van der Waals surface area contributed by atoms with Crippen LogP contribution in [0.2, 0.25) is 0 Å². The first kappa shape index (κ1) is 14.6. The van der Waals surface area contributed by atoms with E-state index in [4.69, 9.17) is 5.11 Å². The number of aliphatic hydroxyl groups excluding tert-OH is 2. The van der Waals surface area contributed by atoms with Gasteiger partial charge in [-0.1, -0.05) is 19.1 Å². The van der Waals surface area contributed by atoms with E-state index in [9.17, 15) is 14.3 Å². The van der Waals surface area contributed by atoms with Crippen LogP contribution in [0.15, 0.2) is 24.3 Å². The molecular weight excluding hydrogens is 237 g/mol. The predicted octanol–water partition coefficient (Wildman–Crippen LogP) is 1.14. The number of benzene rings is 1. The van der Waals surface area contributed by atoms with Gasteiger partial charge in [-0.05, 0) is 24.1 Å². The third kappa shape index (κ3) is 4.43. The zero-order chi connectivity index (χ0) is 13.5. The molecular formula is C13H18FNO3. The lowest BCUT2D eigenvalue weighted by Crippen LogP contribution is -2.37. The molecule has 0 aliphatic heterocycles. The van der Waals surface area contributed by atoms with Crippen LogP contribution in [0.25, 0.3) is 0 Å². The average Bonchev–Trinajstić information content (AvgIpc) is 2.35. The summed E-state index contributed by atoms with van der Waals surface area (Å²) in [5.41, 5.74) is 0.363. The highest BCUT2D eigenvalue weighted by atomic mass is 19.1. The summed E-state index contributed by atoms with van der Waals surface area (Å²) < 4.78 is 12.9. The fourth-order valence-electron chi connectivity index (χ4n) is 1.57. The molecule has 1 amide bonds. The van der Waals surface area contributed by atoms with Crippen LogP contribution >= 0.6 is 0 Å². The molecule has 18 heavy (non-hydrogen) atoms. The molecule has 1 aromatic rings. The second kappa shape index (κ2) is 7.08. The lowest BCUT2D eigenvalue weighted by atomic mass is 10.1. The van der Waals surface area contributed by atoms with Gasteiger partial charge in [-0.25, -0.2) is 4.39 Å². The number of halogens is 1. The number of hydrogen-bond acceptors (Lipinski definition) is 3. The Balaban J connectivity index is 2.54. The van der Waals surface area contributed by atoms with Crippen LogP contribution in [0.3, 0.4) is 0 Å². The normalized spacial score (nSPS) is 14.0. The molecule has 0 aliphatic rings. The zero-order valence-corrected chi connectivity index (χ0v) is 10.3. The Morgan fingerprint density at radius 2 is 2.22 bits per heavy atom. The minimum atomic E-state index is -1.04. The maximum atomic E-state index is 12.9. The number of rotatable bonds is 6. The van der Waals surface area contributed by atoms with Crippen LogP contribution in [-0.4, -0.2) is 28.8 Å². The quantitative estimate of drug-likeness (QED) is 0.714. The first-order chi connectivity index (χ1) is 8.56. The molecule has 100 valence electrons. The third-order valence-corrected chi connectivity index (χ3v) is 2.69. The van der Waals surface area contributed by atoms with Crippen LogP contribution in [0, 0.1) is 5.82 Å². The van der Waals surface area contributed by atoms with Crippen LogP contribution in [0.4, 0.5) is 4.39 Å². The maximum absolute atomic E-state index is 12.9. The summed E-state index contributed by atoms with van der Waals surface area (Å²) in [7, 11) is 0. The van der Waals surface area contributed by atoms with E-state index in [2.05, 4.69) is 5.32 Å². The van der Waals surface area contributed by atoms with Gasteiger partial charge >= 0.3 is 0 Å². The van der Waals surface area contributed by atoms with Gasteiger partial charge in [0.05, 0.1) is 25.2 Å². The number of carbonyl (C=O) groups excluding carboxylic acids is 1. The zero-order valence-electron chi connectivity index (χ0n) is 10.3. The number of carbonyl (C=O) groups is 1. The lowest BCUT2D eigenvalue weighted by molar-refractivity contribution is -0.124. The maximum Gasteiger partial charge on any atom is 0.223 e. The largest absolute Gasteiger partial charge is 0.394 e. The second-order valence-electron chi connectivity index (χ2n) is 4.13. The molecule has 0 aromatic heterocycles. The van der Waals surface area contributed by atoms with Gasteiger partial charge in [0, 0.05) is 0 Å². The number of aliphatic hydroxyl groups is 2. The second-order valence-corrected chi connectivity index (χ2v) is 4.13. The van der Waals surface area contributed by atoms with Crippen molar-refractivity contribution >= 4 is 5.91 Å². The molecule has 2 unspecified atom stereocenters. The Kier molecular flexibility index (Phi) is 5.74. The van der Waals surface area contributed by atoms with E-state index in [1.165, 1.54) is 18.2 Å². The highest BCUT2D eigenvalue weighted by Gasteiger charge is 2.15. The van der Waals surface area contributed by atoms with Gasteiger partial charge < -0.3 is 15.5 Å². The van der Waals surface area contributed by atoms with Crippen molar-refractivity contribution in [2.45, 2.75) is 31.9 Å². The highest BCUT2D eigenvalue weighted by Crippen LogP contribution is 2.17. The smallest absolute Gasteiger partial charge is 0.223 e. The molecule has 2 atom stereocenters. The van der Waals surface area contributed by atoms with Crippen molar-refractivity contribution in [2.75, 3.05) is 6.61 Å². The predicted molar refractivity (Wildman–Crippen MR) is 65.3 cm³/mol. The van der Waals surface area contributed by atoms with E-state index in [1.54, 1.807) is 6.07 Å². The van der Waals surface area contributed by atoms with E-state index in [-0.39, 0.29) is 25.0 Å². The van der Waals surface area contributed by atoms with Crippen LogP contribution in [0.1, 0.15) is 31.4 Å². The minimum Gasteiger partial charge on any atom is -0.394 e. The van der Waals surface area contributed by atoms with E-state index >= 15 is 0 Å². The monoisotopic (exact) mass is 255 g/mol. The van der Waals surface area contributed by atoms with Gasteiger partial charge in [-0.15, -0.1) is 0 Å². The summed E-state index contributed by atoms with van der Waals surface area (Å²) in [6.07, 6.45) is -0.588. The Morgan fingerprint density at radius 3 is 2.78 bits per heavy atom. The molecule has 0 aliphatic carbocycles. The summed E-state index contributed by atoms with van der Waals surface area (Å²) in [5.74, 6) is -0.818. The van der Waals surface area contributed by atoms with E-state index in [0.717, 1.165) is 0 Å². The van der Waals surface area contributed by atoms with Gasteiger partial charge in [-0.2, -0.15) is 0 Å². The van der Waals surface area contributed by atoms with Crippen molar-refractivity contribution in [2.24, 2.45) is 0 Å². The van der Waals surface area contributed by atoms with Crippen molar-refractivity contribution in [3.8, 4) is 0 Å². The van der Waals surface area contributed by atoms with Crippen molar-refractivity contribution in [1.29, 1.82) is 0 Å². The lowest BCUT2D eigenvalue weighted by Gasteiger charge is -2.16. The molecule has 0 bridgehead atoms. The minimum absolute atomic E-state index is 0.141. The Labute approximate surface area is 105 Å². The van der Waals surface area contributed by atoms with E-state index in [1.807, 2.05) is 6.92 Å².